The van der Waals surface area contributed by atoms with Crippen LogP contribution in [0.5, 0.6) is 17.2 Å². The first kappa shape index (κ1) is 12.9. The van der Waals surface area contributed by atoms with Gasteiger partial charge in [-0.1, -0.05) is 6.07 Å². The molecule has 6 heteroatoms. The molecule has 0 unspecified atom stereocenters. The predicted molar refractivity (Wildman–Crippen MR) is 76.5 cm³/mol. The van der Waals surface area contributed by atoms with Crippen molar-refractivity contribution in [2.45, 2.75) is 19.3 Å². The van der Waals surface area contributed by atoms with Crippen molar-refractivity contribution in [3.63, 3.8) is 0 Å². The number of carbonyl (C=O) groups is 1. The molecular formula is C16H13NO5. The van der Waals surface area contributed by atoms with Crippen LogP contribution in [0.15, 0.2) is 29.1 Å². The number of rotatable bonds is 1. The number of aryl methyl sites for hydroxylation is 1. The molecule has 3 heterocycles. The minimum Gasteiger partial charge on any atom is -0.454 e. The van der Waals surface area contributed by atoms with E-state index in [1.807, 2.05) is 12.1 Å². The predicted octanol–water partition coefficient (Wildman–Crippen LogP) is 1.85. The second kappa shape index (κ2) is 4.62. The molecule has 0 fully saturated rings. The summed E-state index contributed by atoms with van der Waals surface area (Å²) in [6.07, 6.45) is 0.124. The molecule has 1 atom stereocenters. The Kier molecular flexibility index (Phi) is 2.72. The summed E-state index contributed by atoms with van der Waals surface area (Å²) in [5, 5.41) is 0. The monoisotopic (exact) mass is 299 g/mol. The van der Waals surface area contributed by atoms with Crippen molar-refractivity contribution in [2.75, 3.05) is 6.79 Å². The van der Waals surface area contributed by atoms with E-state index < -0.39 is 0 Å². The number of hydrogen-bond donors (Lipinski definition) is 1. The highest BCUT2D eigenvalue weighted by Crippen LogP contribution is 2.40. The van der Waals surface area contributed by atoms with Crippen molar-refractivity contribution in [1.29, 1.82) is 0 Å². The van der Waals surface area contributed by atoms with Crippen molar-refractivity contribution in [1.82, 2.24) is 4.98 Å². The van der Waals surface area contributed by atoms with Gasteiger partial charge in [0.05, 0.1) is 12.0 Å². The van der Waals surface area contributed by atoms with Crippen molar-refractivity contribution in [3.8, 4) is 17.2 Å². The van der Waals surface area contributed by atoms with Crippen LogP contribution in [0.4, 0.5) is 0 Å². The van der Waals surface area contributed by atoms with E-state index in [4.69, 9.17) is 14.2 Å². The second-order valence-corrected chi connectivity index (χ2v) is 5.40. The fourth-order valence-corrected chi connectivity index (χ4v) is 2.93. The molecule has 2 aromatic rings. The lowest BCUT2D eigenvalue weighted by Crippen LogP contribution is -2.28. The van der Waals surface area contributed by atoms with Crippen LogP contribution in [0.3, 0.4) is 0 Å². The summed E-state index contributed by atoms with van der Waals surface area (Å²) >= 11 is 0. The Labute approximate surface area is 125 Å². The number of carbonyl (C=O) groups excluding carboxylic acids is 1. The largest absolute Gasteiger partial charge is 0.454 e. The third-order valence-corrected chi connectivity index (χ3v) is 3.91. The number of pyridine rings is 1. The van der Waals surface area contributed by atoms with Gasteiger partial charge in [0.1, 0.15) is 5.75 Å². The Bertz CT molecular complexity index is 839. The molecule has 22 heavy (non-hydrogen) atoms. The molecule has 4 rings (SSSR count). The maximum Gasteiger partial charge on any atom is 0.312 e. The number of H-pyrrole nitrogens is 1. The zero-order valence-electron chi connectivity index (χ0n) is 11.8. The summed E-state index contributed by atoms with van der Waals surface area (Å²) in [4.78, 5) is 26.9. The third-order valence-electron chi connectivity index (χ3n) is 3.91. The number of fused-ring (bicyclic) bond motifs is 2. The van der Waals surface area contributed by atoms with E-state index >= 15 is 0 Å². The van der Waals surface area contributed by atoms with Gasteiger partial charge in [0.25, 0.3) is 5.56 Å². The van der Waals surface area contributed by atoms with E-state index in [9.17, 15) is 9.59 Å². The van der Waals surface area contributed by atoms with Crippen LogP contribution in [0.2, 0.25) is 0 Å². The lowest BCUT2D eigenvalue weighted by atomic mass is 9.87. The highest BCUT2D eigenvalue weighted by atomic mass is 16.7. The Morgan fingerprint density at radius 3 is 2.77 bits per heavy atom. The van der Waals surface area contributed by atoms with Crippen molar-refractivity contribution >= 4 is 5.97 Å². The Morgan fingerprint density at radius 2 is 1.91 bits per heavy atom. The average Bonchev–Trinajstić information content (AvgIpc) is 2.92. The van der Waals surface area contributed by atoms with E-state index in [1.54, 1.807) is 19.1 Å². The molecule has 0 saturated heterocycles. The molecule has 1 aromatic heterocycles. The topological polar surface area (TPSA) is 77.6 Å². The fraction of sp³-hybridized carbons (Fsp3) is 0.250. The lowest BCUT2D eigenvalue weighted by molar-refractivity contribution is -0.135. The van der Waals surface area contributed by atoms with Crippen LogP contribution in [-0.2, 0) is 4.79 Å². The molecule has 2 aliphatic rings. The smallest absolute Gasteiger partial charge is 0.312 e. The normalized spacial score (nSPS) is 18.8. The van der Waals surface area contributed by atoms with Gasteiger partial charge >= 0.3 is 5.97 Å². The first-order valence-corrected chi connectivity index (χ1v) is 6.96. The molecule has 0 bridgehead atoms. The van der Waals surface area contributed by atoms with Gasteiger partial charge in [-0.05, 0) is 24.6 Å². The number of esters is 1. The van der Waals surface area contributed by atoms with Crippen LogP contribution in [0, 0.1) is 6.92 Å². The van der Waals surface area contributed by atoms with Gasteiger partial charge in [-0.15, -0.1) is 0 Å². The number of nitrogens with one attached hydrogen (secondary N) is 1. The minimum atomic E-state index is -0.352. The standard InChI is InChI=1S/C16H13NO5/c1-8-4-13-15(16(19)17-8)10(6-14(18)22-13)9-2-3-11-12(5-9)21-7-20-11/h2-5,10H,6-7H2,1H3,(H,17,19)/t10-/m1/s1. The van der Waals surface area contributed by atoms with Crippen LogP contribution in [0.25, 0.3) is 0 Å². The first-order valence-electron chi connectivity index (χ1n) is 6.96. The number of benzene rings is 1. The molecule has 0 spiro atoms. The first-order chi connectivity index (χ1) is 10.6. The number of aromatic nitrogens is 1. The minimum absolute atomic E-state index is 0.124. The highest BCUT2D eigenvalue weighted by molar-refractivity contribution is 5.77. The van der Waals surface area contributed by atoms with Crippen molar-refractivity contribution < 1.29 is 19.0 Å². The molecule has 6 nitrogen and oxygen atoms in total. The van der Waals surface area contributed by atoms with Crippen LogP contribution >= 0.6 is 0 Å². The summed E-state index contributed by atoms with van der Waals surface area (Å²) in [6, 6.07) is 7.13. The number of ether oxygens (including phenoxy) is 3. The zero-order valence-corrected chi connectivity index (χ0v) is 11.8. The number of aromatic amines is 1. The SMILES string of the molecule is Cc1cc2c(c(=O)[nH]1)[C@@H](c1ccc3c(c1)OCO3)CC(=O)O2. The fourth-order valence-electron chi connectivity index (χ4n) is 2.93. The molecule has 112 valence electrons. The molecule has 0 saturated carbocycles. The molecule has 0 aliphatic carbocycles. The molecule has 0 amide bonds. The summed E-state index contributed by atoms with van der Waals surface area (Å²) in [6.45, 7) is 1.93. The number of hydrogen-bond acceptors (Lipinski definition) is 5. The van der Waals surface area contributed by atoms with E-state index in [1.165, 1.54) is 0 Å². The Morgan fingerprint density at radius 1 is 1.09 bits per heavy atom. The zero-order chi connectivity index (χ0) is 15.3. The summed E-state index contributed by atoms with van der Waals surface area (Å²) in [5.41, 5.74) is 1.73. The van der Waals surface area contributed by atoms with Crippen LogP contribution < -0.4 is 19.8 Å². The van der Waals surface area contributed by atoms with E-state index in [0.29, 0.717) is 28.5 Å². The maximum absolute atomic E-state index is 12.3. The van der Waals surface area contributed by atoms with E-state index in [2.05, 4.69) is 4.98 Å². The summed E-state index contributed by atoms with van der Waals surface area (Å²) in [5.74, 6) is 0.928. The highest BCUT2D eigenvalue weighted by Gasteiger charge is 2.32. The molecular weight excluding hydrogens is 286 g/mol. The van der Waals surface area contributed by atoms with Gasteiger partial charge < -0.3 is 19.2 Å². The van der Waals surface area contributed by atoms with E-state index in [0.717, 1.165) is 5.56 Å². The van der Waals surface area contributed by atoms with Crippen molar-refractivity contribution in [3.05, 3.63) is 51.4 Å². The molecule has 0 radical (unpaired) electrons. The van der Waals surface area contributed by atoms with Gasteiger partial charge in [0.2, 0.25) is 6.79 Å². The van der Waals surface area contributed by atoms with Gasteiger partial charge in [-0.25, -0.2) is 0 Å². The van der Waals surface area contributed by atoms with Gasteiger partial charge in [-0.2, -0.15) is 0 Å². The molecule has 1 N–H and O–H groups in total. The van der Waals surface area contributed by atoms with Crippen molar-refractivity contribution in [2.24, 2.45) is 0 Å². The summed E-state index contributed by atoms with van der Waals surface area (Å²) < 4.78 is 15.9. The van der Waals surface area contributed by atoms with Crippen LogP contribution in [0.1, 0.15) is 29.2 Å². The third kappa shape index (κ3) is 1.95. The molecule has 1 aromatic carbocycles. The van der Waals surface area contributed by atoms with Gasteiger partial charge in [0.15, 0.2) is 11.5 Å². The van der Waals surface area contributed by atoms with Gasteiger partial charge in [0, 0.05) is 17.7 Å². The van der Waals surface area contributed by atoms with Gasteiger partial charge in [-0.3, -0.25) is 9.59 Å². The summed E-state index contributed by atoms with van der Waals surface area (Å²) in [7, 11) is 0. The van der Waals surface area contributed by atoms with E-state index in [-0.39, 0.29) is 30.7 Å². The Hall–Kier alpha value is -2.76. The average molecular weight is 299 g/mol. The lowest BCUT2D eigenvalue weighted by Gasteiger charge is -2.24. The maximum atomic E-state index is 12.3. The quantitative estimate of drug-likeness (QED) is 0.813. The van der Waals surface area contributed by atoms with Crippen LogP contribution in [-0.4, -0.2) is 17.7 Å². The second-order valence-electron chi connectivity index (χ2n) is 5.40. The molecule has 2 aliphatic heterocycles. The Balaban J connectivity index is 1.87.